The van der Waals surface area contributed by atoms with E-state index in [1.807, 2.05) is 55.1 Å². The molecule has 3 unspecified atom stereocenters. The quantitative estimate of drug-likeness (QED) is 0.273. The molecule has 2 aliphatic heterocycles. The highest BCUT2D eigenvalue weighted by atomic mass is 16.5. The molecule has 10 heteroatoms. The highest BCUT2D eigenvalue weighted by molar-refractivity contribution is 5.86. The molecular formula is C31H35N7O3. The van der Waals surface area contributed by atoms with Gasteiger partial charge in [-0.1, -0.05) is 25.7 Å². The molecule has 0 bridgehead atoms. The number of H-pyrrole nitrogens is 2. The van der Waals surface area contributed by atoms with E-state index in [2.05, 4.69) is 32.4 Å². The van der Waals surface area contributed by atoms with Gasteiger partial charge in [-0.15, -0.1) is 0 Å². The lowest BCUT2D eigenvalue weighted by atomic mass is 10.0. The number of fused-ring (bicyclic) bond motifs is 2. The molecule has 4 N–H and O–H groups in total. The molecule has 0 radical (unpaired) electrons. The molecule has 2 aromatic carbocycles. The zero-order valence-electron chi connectivity index (χ0n) is 23.6. The van der Waals surface area contributed by atoms with Gasteiger partial charge in [0.1, 0.15) is 17.7 Å². The lowest BCUT2D eigenvalue weighted by molar-refractivity contribution is -0.135. The predicted octanol–water partition coefficient (Wildman–Crippen LogP) is 4.31. The minimum atomic E-state index is -0.666. The molecule has 4 heterocycles. The molecule has 6 rings (SSSR count). The van der Waals surface area contributed by atoms with E-state index in [-0.39, 0.29) is 17.9 Å². The number of rotatable bonds is 5. The number of ether oxygens (including phenoxy) is 1. The Kier molecular flexibility index (Phi) is 7.37. The summed E-state index contributed by atoms with van der Waals surface area (Å²) in [5.41, 5.74) is 5.42. The van der Waals surface area contributed by atoms with Gasteiger partial charge >= 0.3 is 6.09 Å². The Morgan fingerprint density at radius 2 is 1.63 bits per heavy atom. The summed E-state index contributed by atoms with van der Waals surface area (Å²) in [4.78, 5) is 43.6. The standard InChI is InChI=1S/C31H35N7O3/c1-18(2)27(37-31(40)41-3)30(39)38-15-5-7-26(38)29-34-22-13-11-20(17-25(22)36-29)9-8-19-10-12-21-24(16-19)35-28(33-21)23-6-4-14-32-23/h10-13,16-18,23,26-27,32H,4-7,14-15H2,1-3H3,(H,33,35)(H,34,36)(H,37,40). The fraction of sp³-hybridized carbons (Fsp3) is 0.419. The average molecular weight is 554 g/mol. The van der Waals surface area contributed by atoms with Crippen molar-refractivity contribution >= 4 is 34.1 Å². The Labute approximate surface area is 238 Å². The number of benzene rings is 2. The van der Waals surface area contributed by atoms with Crippen LogP contribution < -0.4 is 10.6 Å². The normalized spacial score (nSPS) is 19.5. The van der Waals surface area contributed by atoms with Crippen molar-refractivity contribution in [2.75, 3.05) is 20.2 Å². The first-order chi connectivity index (χ1) is 19.9. The van der Waals surface area contributed by atoms with E-state index in [1.54, 1.807) is 0 Å². The third kappa shape index (κ3) is 5.50. The van der Waals surface area contributed by atoms with Crippen LogP contribution in [-0.4, -0.2) is 63.1 Å². The van der Waals surface area contributed by atoms with Crippen molar-refractivity contribution in [1.29, 1.82) is 0 Å². The highest BCUT2D eigenvalue weighted by Gasteiger charge is 2.37. The maximum absolute atomic E-state index is 13.4. The monoisotopic (exact) mass is 553 g/mol. The number of aromatic amines is 2. The van der Waals surface area contributed by atoms with Gasteiger partial charge in [0, 0.05) is 17.7 Å². The van der Waals surface area contributed by atoms with Crippen LogP contribution in [0, 0.1) is 17.8 Å². The van der Waals surface area contributed by atoms with Crippen molar-refractivity contribution in [3.63, 3.8) is 0 Å². The predicted molar refractivity (Wildman–Crippen MR) is 156 cm³/mol. The van der Waals surface area contributed by atoms with Crippen LogP contribution in [0.25, 0.3) is 22.1 Å². The summed E-state index contributed by atoms with van der Waals surface area (Å²) in [7, 11) is 1.30. The Morgan fingerprint density at radius 3 is 2.24 bits per heavy atom. The molecule has 2 amide bonds. The molecule has 2 aliphatic rings. The van der Waals surface area contributed by atoms with Crippen LogP contribution in [0.5, 0.6) is 0 Å². The van der Waals surface area contributed by atoms with E-state index in [0.29, 0.717) is 12.6 Å². The van der Waals surface area contributed by atoms with E-state index in [1.165, 1.54) is 13.5 Å². The Balaban J connectivity index is 1.20. The van der Waals surface area contributed by atoms with Crippen LogP contribution in [0.15, 0.2) is 36.4 Å². The lowest BCUT2D eigenvalue weighted by Gasteiger charge is -2.29. The third-order valence-corrected chi connectivity index (χ3v) is 7.98. The van der Waals surface area contributed by atoms with Crippen molar-refractivity contribution in [1.82, 2.24) is 35.5 Å². The summed E-state index contributed by atoms with van der Waals surface area (Å²) in [5, 5.41) is 6.18. The first-order valence-electron chi connectivity index (χ1n) is 14.3. The number of likely N-dealkylation sites (tertiary alicyclic amines) is 1. The molecule has 212 valence electrons. The Bertz CT molecular complexity index is 1650. The number of imidazole rings is 2. The number of nitrogens with one attached hydrogen (secondary N) is 4. The molecule has 3 atom stereocenters. The summed E-state index contributed by atoms with van der Waals surface area (Å²) in [6.07, 6.45) is 3.33. The van der Waals surface area contributed by atoms with Gasteiger partial charge in [0.05, 0.1) is 41.3 Å². The molecule has 4 aromatic rings. The zero-order valence-corrected chi connectivity index (χ0v) is 23.6. The van der Waals surface area contributed by atoms with Gasteiger partial charge in [0.25, 0.3) is 0 Å². The van der Waals surface area contributed by atoms with E-state index < -0.39 is 12.1 Å². The number of amides is 2. The molecule has 41 heavy (non-hydrogen) atoms. The molecule has 0 spiro atoms. The fourth-order valence-corrected chi connectivity index (χ4v) is 5.79. The van der Waals surface area contributed by atoms with Crippen LogP contribution in [0.3, 0.4) is 0 Å². The number of carbonyl (C=O) groups is 2. The maximum atomic E-state index is 13.4. The fourth-order valence-electron chi connectivity index (χ4n) is 5.79. The number of methoxy groups -OCH3 is 1. The van der Waals surface area contributed by atoms with Crippen molar-refractivity contribution in [3.8, 4) is 11.8 Å². The zero-order chi connectivity index (χ0) is 28.5. The van der Waals surface area contributed by atoms with E-state index in [0.717, 1.165) is 70.6 Å². The lowest BCUT2D eigenvalue weighted by Crippen LogP contribution is -2.51. The van der Waals surface area contributed by atoms with Crippen LogP contribution in [0.4, 0.5) is 4.79 Å². The summed E-state index contributed by atoms with van der Waals surface area (Å²) in [6, 6.07) is 11.4. The number of hydrogen-bond donors (Lipinski definition) is 4. The summed E-state index contributed by atoms with van der Waals surface area (Å²) < 4.78 is 4.74. The van der Waals surface area contributed by atoms with Gasteiger partial charge in [-0.25, -0.2) is 14.8 Å². The van der Waals surface area contributed by atoms with Gasteiger partial charge in [0.2, 0.25) is 5.91 Å². The second-order valence-electron chi connectivity index (χ2n) is 11.2. The number of aromatic nitrogens is 4. The minimum absolute atomic E-state index is 0.0833. The molecule has 0 saturated carbocycles. The smallest absolute Gasteiger partial charge is 0.407 e. The summed E-state index contributed by atoms with van der Waals surface area (Å²) >= 11 is 0. The highest BCUT2D eigenvalue weighted by Crippen LogP contribution is 2.33. The number of nitrogens with zero attached hydrogens (tertiary/aromatic N) is 3. The van der Waals surface area contributed by atoms with E-state index in [9.17, 15) is 9.59 Å². The maximum Gasteiger partial charge on any atom is 0.407 e. The van der Waals surface area contributed by atoms with Gasteiger partial charge in [-0.2, -0.15) is 0 Å². The SMILES string of the molecule is COC(=O)NC(C(=O)N1CCCC1c1nc2ccc(C#Cc3ccc4nc(C5CCCN5)[nH]c4c3)cc2[nH]1)C(C)C. The molecule has 2 fully saturated rings. The second-order valence-corrected chi connectivity index (χ2v) is 11.2. The van der Waals surface area contributed by atoms with Crippen molar-refractivity contribution in [2.45, 2.75) is 57.7 Å². The number of alkyl carbamates (subject to hydrolysis) is 1. The minimum Gasteiger partial charge on any atom is -0.453 e. The van der Waals surface area contributed by atoms with Crippen LogP contribution in [-0.2, 0) is 9.53 Å². The van der Waals surface area contributed by atoms with Gasteiger partial charge < -0.3 is 30.2 Å². The number of carbonyl (C=O) groups excluding carboxylic acids is 2. The van der Waals surface area contributed by atoms with E-state index >= 15 is 0 Å². The molecule has 2 aromatic heterocycles. The van der Waals surface area contributed by atoms with Gasteiger partial charge in [0.15, 0.2) is 0 Å². The van der Waals surface area contributed by atoms with Gasteiger partial charge in [-0.05, 0) is 74.5 Å². The van der Waals surface area contributed by atoms with Crippen LogP contribution in [0.2, 0.25) is 0 Å². The van der Waals surface area contributed by atoms with Crippen molar-refractivity contribution in [2.24, 2.45) is 5.92 Å². The largest absolute Gasteiger partial charge is 0.453 e. The molecule has 0 aliphatic carbocycles. The topological polar surface area (TPSA) is 128 Å². The first kappa shape index (κ1) is 26.8. The number of hydrogen-bond acceptors (Lipinski definition) is 6. The first-order valence-corrected chi connectivity index (χ1v) is 14.3. The Morgan fingerprint density at radius 1 is 0.976 bits per heavy atom. The second kappa shape index (κ2) is 11.3. The van der Waals surface area contributed by atoms with Crippen molar-refractivity contribution < 1.29 is 14.3 Å². The summed E-state index contributed by atoms with van der Waals surface area (Å²) in [6.45, 7) is 5.46. The Hall–Kier alpha value is -4.36. The van der Waals surface area contributed by atoms with Crippen molar-refractivity contribution in [3.05, 3.63) is 59.2 Å². The molecular weight excluding hydrogens is 518 g/mol. The molecule has 2 saturated heterocycles. The molecule has 10 nitrogen and oxygen atoms in total. The third-order valence-electron chi connectivity index (χ3n) is 7.98. The van der Waals surface area contributed by atoms with Gasteiger partial charge in [-0.3, -0.25) is 4.79 Å². The average Bonchev–Trinajstić information content (AvgIpc) is 3.78. The van der Waals surface area contributed by atoms with E-state index in [4.69, 9.17) is 14.7 Å². The van der Waals surface area contributed by atoms with Crippen LogP contribution in [0.1, 0.15) is 74.4 Å². The van der Waals surface area contributed by atoms with Crippen LogP contribution >= 0.6 is 0 Å². The summed E-state index contributed by atoms with van der Waals surface area (Å²) in [5.74, 6) is 8.08.